The van der Waals surface area contributed by atoms with Gasteiger partial charge in [-0.05, 0) is 71.7 Å². The molecule has 0 aliphatic carbocycles. The van der Waals surface area contributed by atoms with Gasteiger partial charge < -0.3 is 19.4 Å². The van der Waals surface area contributed by atoms with Crippen LogP contribution < -0.4 is 4.90 Å². The molecule has 0 spiro atoms. The van der Waals surface area contributed by atoms with Crippen LogP contribution in [0.25, 0.3) is 6.08 Å². The van der Waals surface area contributed by atoms with Crippen LogP contribution in [-0.4, -0.2) is 72.0 Å². The average molecular weight is 697 g/mol. The van der Waals surface area contributed by atoms with Crippen molar-refractivity contribution < 1.29 is 27.5 Å². The van der Waals surface area contributed by atoms with Gasteiger partial charge in [-0.1, -0.05) is 78.9 Å². The van der Waals surface area contributed by atoms with Crippen molar-refractivity contribution in [1.82, 2.24) is 14.8 Å². The summed E-state index contributed by atoms with van der Waals surface area (Å²) in [7, 11) is 0. The Labute approximate surface area is 297 Å². The van der Waals surface area contributed by atoms with E-state index < -0.39 is 23.7 Å². The molecule has 6 rings (SSSR count). The normalized spacial score (nSPS) is 16.3. The van der Waals surface area contributed by atoms with Crippen molar-refractivity contribution in [1.29, 1.82) is 0 Å². The number of likely N-dealkylation sites (tertiary alicyclic amines) is 1. The highest BCUT2D eigenvalue weighted by atomic mass is 19.4. The quantitative estimate of drug-likeness (QED) is 0.157. The maximum Gasteiger partial charge on any atom is 0.416 e. The van der Waals surface area contributed by atoms with E-state index in [0.29, 0.717) is 44.2 Å². The van der Waals surface area contributed by atoms with Crippen molar-refractivity contribution in [2.24, 2.45) is 5.92 Å². The summed E-state index contributed by atoms with van der Waals surface area (Å²) >= 11 is 0. The van der Waals surface area contributed by atoms with Crippen LogP contribution in [0.1, 0.15) is 40.7 Å². The second-order valence-corrected chi connectivity index (χ2v) is 13.2. The van der Waals surface area contributed by atoms with E-state index in [2.05, 4.69) is 22.0 Å². The molecular weight excluding hydrogens is 653 g/mol. The van der Waals surface area contributed by atoms with E-state index in [1.807, 2.05) is 65.6 Å². The van der Waals surface area contributed by atoms with Crippen LogP contribution in [0.5, 0.6) is 0 Å². The minimum Gasteiger partial charge on any atom is -0.378 e. The van der Waals surface area contributed by atoms with Crippen LogP contribution in [0.4, 0.5) is 19.0 Å². The highest BCUT2D eigenvalue weighted by molar-refractivity contribution is 5.95. The van der Waals surface area contributed by atoms with Gasteiger partial charge >= 0.3 is 6.18 Å². The molecule has 0 radical (unpaired) electrons. The molecule has 3 heterocycles. The molecule has 0 unspecified atom stereocenters. The van der Waals surface area contributed by atoms with E-state index in [4.69, 9.17) is 4.74 Å². The number of carbonyl (C=O) groups excluding carboxylic acids is 2. The van der Waals surface area contributed by atoms with Crippen molar-refractivity contribution in [2.75, 3.05) is 44.3 Å². The molecule has 10 heteroatoms. The fourth-order valence-corrected chi connectivity index (χ4v) is 6.76. The number of alkyl halides is 3. The third-order valence-corrected chi connectivity index (χ3v) is 9.66. The van der Waals surface area contributed by atoms with Gasteiger partial charge in [-0.25, -0.2) is 4.98 Å². The summed E-state index contributed by atoms with van der Waals surface area (Å²) in [6.07, 6.45) is 3.13. The van der Waals surface area contributed by atoms with Gasteiger partial charge in [0.2, 0.25) is 11.8 Å². The number of nitrogens with zero attached hydrogens (tertiary/aromatic N) is 4. The number of anilines is 1. The zero-order chi connectivity index (χ0) is 35.6. The predicted octanol–water partition coefficient (Wildman–Crippen LogP) is 7.07. The lowest BCUT2D eigenvalue weighted by Gasteiger charge is -2.38. The number of benzene rings is 3. The molecule has 2 amide bonds. The first-order valence-corrected chi connectivity index (χ1v) is 17.5. The van der Waals surface area contributed by atoms with Gasteiger partial charge in [0.15, 0.2) is 0 Å². The highest BCUT2D eigenvalue weighted by Crippen LogP contribution is 2.29. The summed E-state index contributed by atoms with van der Waals surface area (Å²) in [5, 5.41) is 0. The van der Waals surface area contributed by atoms with Crippen LogP contribution in [0.2, 0.25) is 0 Å². The molecule has 266 valence electrons. The molecule has 2 fully saturated rings. The standard InChI is InChI=1S/C41H43F3N4O3/c42-41(43,44)36-15-11-31(12-16-36)14-18-39(49)48(30-35-13-17-38(45-29-35)46-23-25-51-26-24-46)37(28-33-9-5-2-6-10-33)40(50)47-21-19-34(20-22-47)27-32-7-3-1-4-8-32/h1-18,29,34,37H,19-28,30H2/t37-/m0/s1. The van der Waals surface area contributed by atoms with Crippen LogP contribution in [-0.2, 0) is 39.9 Å². The van der Waals surface area contributed by atoms with Crippen LogP contribution >= 0.6 is 0 Å². The number of aromatic nitrogens is 1. The van der Waals surface area contributed by atoms with Crippen molar-refractivity contribution in [3.05, 3.63) is 137 Å². The Hall–Kier alpha value is -4.96. The molecule has 7 nitrogen and oxygen atoms in total. The van der Waals surface area contributed by atoms with E-state index in [1.165, 1.54) is 29.8 Å². The lowest BCUT2D eigenvalue weighted by Crippen LogP contribution is -2.53. The number of halogens is 3. The molecule has 0 saturated carbocycles. The Bertz CT molecular complexity index is 1740. The van der Waals surface area contributed by atoms with Crippen molar-refractivity contribution >= 4 is 23.7 Å². The number of hydrogen-bond donors (Lipinski definition) is 0. The lowest BCUT2D eigenvalue weighted by molar-refractivity contribution is -0.145. The number of hydrogen-bond acceptors (Lipinski definition) is 5. The van der Waals surface area contributed by atoms with E-state index >= 15 is 0 Å². The van der Waals surface area contributed by atoms with E-state index in [-0.39, 0.29) is 12.5 Å². The first-order valence-electron chi connectivity index (χ1n) is 17.5. The first-order chi connectivity index (χ1) is 24.7. The summed E-state index contributed by atoms with van der Waals surface area (Å²) < 4.78 is 45.0. The minimum absolute atomic E-state index is 0.119. The summed E-state index contributed by atoms with van der Waals surface area (Å²) in [4.78, 5) is 39.0. The van der Waals surface area contributed by atoms with E-state index in [9.17, 15) is 22.8 Å². The Morgan fingerprint density at radius 1 is 0.824 bits per heavy atom. The topological polar surface area (TPSA) is 66.0 Å². The number of ether oxygens (including phenoxy) is 1. The maximum atomic E-state index is 14.5. The fourth-order valence-electron chi connectivity index (χ4n) is 6.76. The molecule has 51 heavy (non-hydrogen) atoms. The summed E-state index contributed by atoms with van der Waals surface area (Å²) in [6.45, 7) is 4.05. The van der Waals surface area contributed by atoms with Crippen LogP contribution in [0.3, 0.4) is 0 Å². The van der Waals surface area contributed by atoms with E-state index in [1.54, 1.807) is 11.1 Å². The van der Waals surface area contributed by atoms with Crippen molar-refractivity contribution in [3.8, 4) is 0 Å². The lowest BCUT2D eigenvalue weighted by atomic mass is 9.89. The largest absolute Gasteiger partial charge is 0.416 e. The molecule has 0 N–H and O–H groups in total. The molecule has 1 aromatic heterocycles. The summed E-state index contributed by atoms with van der Waals surface area (Å²) in [5.41, 5.74) is 2.64. The summed E-state index contributed by atoms with van der Waals surface area (Å²) in [5.74, 6) is 0.744. The molecule has 2 saturated heterocycles. The van der Waals surface area contributed by atoms with E-state index in [0.717, 1.165) is 61.4 Å². The number of morpholine rings is 1. The molecule has 3 aromatic carbocycles. The van der Waals surface area contributed by atoms with Crippen molar-refractivity contribution in [3.63, 3.8) is 0 Å². The van der Waals surface area contributed by atoms with Crippen molar-refractivity contribution in [2.45, 2.75) is 44.4 Å². The van der Waals surface area contributed by atoms with Gasteiger partial charge in [-0.15, -0.1) is 0 Å². The molecule has 0 bridgehead atoms. The zero-order valence-electron chi connectivity index (χ0n) is 28.6. The second-order valence-electron chi connectivity index (χ2n) is 13.2. The number of rotatable bonds is 11. The molecule has 4 aromatic rings. The number of carbonyl (C=O) groups is 2. The number of pyridine rings is 1. The Balaban J connectivity index is 1.26. The minimum atomic E-state index is -4.46. The number of amides is 2. The second kappa shape index (κ2) is 16.8. The SMILES string of the molecule is O=C([C@H](Cc1ccccc1)N(Cc1ccc(N2CCOCC2)nc1)C(=O)C=Cc1ccc(C(F)(F)F)cc1)N1CCC(Cc2ccccc2)CC1. The molecule has 2 aliphatic rings. The highest BCUT2D eigenvalue weighted by Gasteiger charge is 2.35. The Morgan fingerprint density at radius 3 is 2.08 bits per heavy atom. The Morgan fingerprint density at radius 2 is 1.47 bits per heavy atom. The third kappa shape index (κ3) is 9.85. The van der Waals surface area contributed by atoms with Gasteiger partial charge in [0.1, 0.15) is 11.9 Å². The molecular formula is C41H43F3N4O3. The van der Waals surface area contributed by atoms with Crippen LogP contribution in [0.15, 0.2) is 109 Å². The zero-order valence-corrected chi connectivity index (χ0v) is 28.6. The van der Waals surface area contributed by atoms with Gasteiger partial charge in [0.25, 0.3) is 0 Å². The third-order valence-electron chi connectivity index (χ3n) is 9.66. The monoisotopic (exact) mass is 696 g/mol. The smallest absolute Gasteiger partial charge is 0.378 e. The number of piperidine rings is 1. The van der Waals surface area contributed by atoms with Gasteiger partial charge in [0.05, 0.1) is 18.8 Å². The van der Waals surface area contributed by atoms with Crippen LogP contribution in [0, 0.1) is 5.92 Å². The van der Waals surface area contributed by atoms with Gasteiger partial charge in [-0.3, -0.25) is 9.59 Å². The first kappa shape index (κ1) is 35.9. The summed E-state index contributed by atoms with van der Waals surface area (Å²) in [6, 6.07) is 27.7. The average Bonchev–Trinajstić information content (AvgIpc) is 3.16. The molecule has 2 aliphatic heterocycles. The predicted molar refractivity (Wildman–Crippen MR) is 192 cm³/mol. The Kier molecular flexibility index (Phi) is 11.8. The molecule has 1 atom stereocenters. The van der Waals surface area contributed by atoms with Gasteiger partial charge in [-0.2, -0.15) is 13.2 Å². The van der Waals surface area contributed by atoms with Gasteiger partial charge in [0, 0.05) is 51.4 Å². The fraction of sp³-hybridized carbons (Fsp3) is 0.341. The maximum absolute atomic E-state index is 14.5.